The molecule has 0 bridgehead atoms. The van der Waals surface area contributed by atoms with E-state index < -0.39 is 23.5 Å². The van der Waals surface area contributed by atoms with Crippen molar-refractivity contribution in [3.05, 3.63) is 112 Å². The Morgan fingerprint density at radius 2 is 1.78 bits per heavy atom. The summed E-state index contributed by atoms with van der Waals surface area (Å²) in [4.78, 5) is 40.0. The van der Waals surface area contributed by atoms with Gasteiger partial charge >= 0.3 is 0 Å². The second kappa shape index (κ2) is 9.99. The van der Waals surface area contributed by atoms with E-state index in [0.29, 0.717) is 15.6 Å². The molecule has 8 heteroatoms. The smallest absolute Gasteiger partial charge is 0.290 e. The van der Waals surface area contributed by atoms with Crippen molar-refractivity contribution in [3.63, 3.8) is 0 Å². The molecule has 186 valence electrons. The van der Waals surface area contributed by atoms with Gasteiger partial charge in [-0.25, -0.2) is 4.98 Å². The van der Waals surface area contributed by atoms with E-state index in [9.17, 15) is 14.7 Å². The molecule has 0 saturated heterocycles. The molecule has 2 aromatic heterocycles. The zero-order valence-corrected chi connectivity index (χ0v) is 21.6. The molecule has 3 heterocycles. The minimum absolute atomic E-state index is 0.0675. The van der Waals surface area contributed by atoms with Crippen LogP contribution in [-0.2, 0) is 11.3 Å². The van der Waals surface area contributed by atoms with Gasteiger partial charge < -0.3 is 14.9 Å². The van der Waals surface area contributed by atoms with Crippen LogP contribution in [-0.4, -0.2) is 45.8 Å². The van der Waals surface area contributed by atoms with Gasteiger partial charge in [0.25, 0.3) is 5.91 Å². The van der Waals surface area contributed by atoms with Gasteiger partial charge in [-0.3, -0.25) is 14.6 Å². The zero-order chi connectivity index (χ0) is 26.1. The third-order valence-corrected chi connectivity index (χ3v) is 7.58. The lowest BCUT2D eigenvalue weighted by Gasteiger charge is -2.27. The van der Waals surface area contributed by atoms with Crippen LogP contribution in [0.1, 0.15) is 32.5 Å². The van der Waals surface area contributed by atoms with Crippen LogP contribution < -0.4 is 4.90 Å². The number of hydrogen-bond donors (Lipinski definition) is 1. The van der Waals surface area contributed by atoms with Crippen LogP contribution >= 0.6 is 11.3 Å². The van der Waals surface area contributed by atoms with Crippen LogP contribution in [0.3, 0.4) is 0 Å². The Labute approximate surface area is 219 Å². The Hall–Kier alpha value is -4.30. The molecule has 37 heavy (non-hydrogen) atoms. The highest BCUT2D eigenvalue weighted by Gasteiger charge is 2.44. The van der Waals surface area contributed by atoms with Gasteiger partial charge in [-0.2, -0.15) is 0 Å². The number of aliphatic hydroxyl groups is 1. The average Bonchev–Trinajstić information content (AvgIpc) is 3.42. The molecule has 2 aromatic carbocycles. The average molecular weight is 511 g/mol. The number of ketones is 1. The van der Waals surface area contributed by atoms with Crippen LogP contribution in [0.5, 0.6) is 0 Å². The SMILES string of the molecule is Cc1nc(-c2ccccc2)sc1C(=O)C1=C(O)C(=O)N(Cc2cccnc2)C1c1ccc(N(C)C)cc1. The van der Waals surface area contributed by atoms with Gasteiger partial charge in [-0.15, -0.1) is 11.3 Å². The second-order valence-corrected chi connectivity index (χ2v) is 10.1. The summed E-state index contributed by atoms with van der Waals surface area (Å²) in [6, 6.07) is 20.2. The topological polar surface area (TPSA) is 86.6 Å². The Kier molecular flexibility index (Phi) is 6.58. The van der Waals surface area contributed by atoms with Crippen LogP contribution in [0.15, 0.2) is 90.5 Å². The van der Waals surface area contributed by atoms with Crippen molar-refractivity contribution >= 4 is 28.7 Å². The summed E-state index contributed by atoms with van der Waals surface area (Å²) < 4.78 is 0. The van der Waals surface area contributed by atoms with Crippen LogP contribution in [0.2, 0.25) is 0 Å². The number of rotatable bonds is 7. The highest BCUT2D eigenvalue weighted by Crippen LogP contribution is 2.42. The highest BCUT2D eigenvalue weighted by atomic mass is 32.1. The van der Waals surface area contributed by atoms with E-state index in [1.165, 1.54) is 16.2 Å². The normalized spacial score (nSPS) is 15.4. The molecule has 0 aliphatic carbocycles. The number of amides is 1. The number of carbonyl (C=O) groups excluding carboxylic acids is 2. The number of nitrogens with zero attached hydrogens (tertiary/aromatic N) is 4. The fourth-order valence-corrected chi connectivity index (χ4v) is 5.50. The molecule has 1 unspecified atom stereocenters. The Bertz CT molecular complexity index is 1480. The molecule has 7 nitrogen and oxygen atoms in total. The molecule has 1 aliphatic rings. The lowest BCUT2D eigenvalue weighted by Crippen LogP contribution is -2.30. The molecular formula is C29H26N4O3S. The summed E-state index contributed by atoms with van der Waals surface area (Å²) >= 11 is 1.27. The highest BCUT2D eigenvalue weighted by molar-refractivity contribution is 7.17. The Balaban J connectivity index is 1.58. The maximum atomic E-state index is 14.0. The van der Waals surface area contributed by atoms with Gasteiger partial charge in [0, 0.05) is 44.3 Å². The number of pyridine rings is 1. The molecule has 0 spiro atoms. The van der Waals surface area contributed by atoms with Crippen LogP contribution in [0, 0.1) is 6.92 Å². The van der Waals surface area contributed by atoms with Crippen molar-refractivity contribution in [1.82, 2.24) is 14.9 Å². The Morgan fingerprint density at radius 3 is 2.43 bits per heavy atom. The first-order valence-electron chi connectivity index (χ1n) is 11.8. The molecule has 0 radical (unpaired) electrons. The number of Topliss-reactive ketones (excluding diaryl/α,β-unsaturated/α-hetero) is 1. The first-order valence-corrected chi connectivity index (χ1v) is 12.6. The standard InChI is InChI=1S/C29H26N4O3S/c1-18-27(37-28(31-18)21-9-5-4-6-10-21)25(34)23-24(20-11-13-22(14-12-20)32(2)3)33(29(36)26(23)35)17-19-8-7-15-30-16-19/h4-16,24,35H,17H2,1-3H3. The molecule has 5 rings (SSSR count). The first-order chi connectivity index (χ1) is 17.8. The minimum atomic E-state index is -0.752. The van der Waals surface area contributed by atoms with Crippen molar-refractivity contribution in [3.8, 4) is 10.6 Å². The predicted molar refractivity (Wildman–Crippen MR) is 145 cm³/mol. The summed E-state index contributed by atoms with van der Waals surface area (Å²) in [5, 5.41) is 11.8. The third kappa shape index (κ3) is 4.63. The number of aliphatic hydroxyl groups excluding tert-OH is 1. The quantitative estimate of drug-likeness (QED) is 0.337. The number of hydrogen-bond acceptors (Lipinski definition) is 7. The third-order valence-electron chi connectivity index (χ3n) is 6.37. The van der Waals surface area contributed by atoms with E-state index in [1.807, 2.05) is 79.7 Å². The zero-order valence-electron chi connectivity index (χ0n) is 20.8. The lowest BCUT2D eigenvalue weighted by molar-refractivity contribution is -0.130. The lowest BCUT2D eigenvalue weighted by atomic mass is 9.94. The van der Waals surface area contributed by atoms with E-state index in [-0.39, 0.29) is 12.1 Å². The van der Waals surface area contributed by atoms with Crippen molar-refractivity contribution in [2.75, 3.05) is 19.0 Å². The number of anilines is 1. The largest absolute Gasteiger partial charge is 0.503 e. The molecule has 4 aromatic rings. The van der Waals surface area contributed by atoms with Gasteiger partial charge in [-0.05, 0) is 36.2 Å². The molecule has 0 fully saturated rings. The van der Waals surface area contributed by atoms with E-state index in [4.69, 9.17) is 0 Å². The van der Waals surface area contributed by atoms with Crippen molar-refractivity contribution in [2.24, 2.45) is 0 Å². The monoisotopic (exact) mass is 510 g/mol. The number of aromatic nitrogens is 2. The van der Waals surface area contributed by atoms with Crippen molar-refractivity contribution in [1.29, 1.82) is 0 Å². The van der Waals surface area contributed by atoms with E-state index in [0.717, 1.165) is 22.4 Å². The molecular weight excluding hydrogens is 484 g/mol. The minimum Gasteiger partial charge on any atom is -0.503 e. The number of carbonyl (C=O) groups is 2. The molecule has 1 aliphatic heterocycles. The van der Waals surface area contributed by atoms with Gasteiger partial charge in [0.2, 0.25) is 5.78 Å². The molecule has 0 saturated carbocycles. The predicted octanol–water partition coefficient (Wildman–Crippen LogP) is 5.36. The van der Waals surface area contributed by atoms with Gasteiger partial charge in [0.05, 0.1) is 22.2 Å². The first kappa shape index (κ1) is 24.4. The molecule has 1 N–H and O–H groups in total. The Morgan fingerprint density at radius 1 is 1.05 bits per heavy atom. The fourth-order valence-electron chi connectivity index (χ4n) is 4.47. The fraction of sp³-hybridized carbons (Fsp3) is 0.172. The van der Waals surface area contributed by atoms with Crippen molar-refractivity contribution < 1.29 is 14.7 Å². The summed E-state index contributed by atoms with van der Waals surface area (Å²) in [7, 11) is 3.89. The second-order valence-electron chi connectivity index (χ2n) is 9.07. The maximum absolute atomic E-state index is 14.0. The summed E-state index contributed by atoms with van der Waals surface area (Å²) in [6.45, 7) is 1.98. The van der Waals surface area contributed by atoms with Crippen LogP contribution in [0.4, 0.5) is 5.69 Å². The van der Waals surface area contributed by atoms with Crippen molar-refractivity contribution in [2.45, 2.75) is 19.5 Å². The van der Waals surface area contributed by atoms with Gasteiger partial charge in [-0.1, -0.05) is 48.5 Å². The number of aryl methyl sites for hydroxylation is 1. The number of thiazole rings is 1. The van der Waals surface area contributed by atoms with E-state index in [1.54, 1.807) is 25.4 Å². The van der Waals surface area contributed by atoms with Gasteiger partial charge in [0.15, 0.2) is 5.76 Å². The van der Waals surface area contributed by atoms with E-state index in [2.05, 4.69) is 9.97 Å². The summed E-state index contributed by atoms with van der Waals surface area (Å²) in [6.07, 6.45) is 3.34. The number of benzene rings is 2. The summed E-state index contributed by atoms with van der Waals surface area (Å²) in [5.41, 5.74) is 4.06. The molecule has 1 amide bonds. The maximum Gasteiger partial charge on any atom is 0.290 e. The van der Waals surface area contributed by atoms with E-state index >= 15 is 0 Å². The summed E-state index contributed by atoms with van der Waals surface area (Å²) in [5.74, 6) is -1.50. The van der Waals surface area contributed by atoms with Crippen LogP contribution in [0.25, 0.3) is 10.6 Å². The molecule has 1 atom stereocenters. The van der Waals surface area contributed by atoms with Gasteiger partial charge in [0.1, 0.15) is 5.01 Å².